The third-order valence-electron chi connectivity index (χ3n) is 2.64. The monoisotopic (exact) mass is 209 g/mol. The molecule has 1 aliphatic rings. The van der Waals surface area contributed by atoms with Gasteiger partial charge in [-0.15, -0.1) is 0 Å². The van der Waals surface area contributed by atoms with Gasteiger partial charge in [-0.3, -0.25) is 10.1 Å². The predicted octanol–water partition coefficient (Wildman–Crippen LogP) is 0.0903. The van der Waals surface area contributed by atoms with Gasteiger partial charge >= 0.3 is 5.97 Å². The van der Waals surface area contributed by atoms with E-state index in [0.717, 1.165) is 17.9 Å². The van der Waals surface area contributed by atoms with E-state index in [-0.39, 0.29) is 12.0 Å². The van der Waals surface area contributed by atoms with Gasteiger partial charge in [0.1, 0.15) is 11.9 Å². The first-order valence-electron chi connectivity index (χ1n) is 5.10. The number of nitrogens with one attached hydrogen (secondary N) is 1. The Balaban J connectivity index is 2.15. The van der Waals surface area contributed by atoms with Crippen molar-refractivity contribution in [1.82, 2.24) is 14.9 Å². The number of imidazole rings is 1. The quantitative estimate of drug-likeness (QED) is 0.701. The van der Waals surface area contributed by atoms with Gasteiger partial charge < -0.3 is 9.30 Å². The molecular formula is C10H15N3O2. The number of fused-ring (bicyclic) bond motifs is 1. The highest BCUT2D eigenvalue weighted by atomic mass is 16.5. The molecule has 0 spiro atoms. The largest absolute Gasteiger partial charge is 0.468 e. The second-order valence-electron chi connectivity index (χ2n) is 3.61. The van der Waals surface area contributed by atoms with Crippen molar-refractivity contribution in [2.75, 3.05) is 7.11 Å². The zero-order valence-electron chi connectivity index (χ0n) is 8.99. The van der Waals surface area contributed by atoms with Crippen molar-refractivity contribution < 1.29 is 9.53 Å². The predicted molar refractivity (Wildman–Crippen MR) is 54.2 cm³/mol. The Morgan fingerprint density at radius 1 is 1.80 bits per heavy atom. The number of nitrogens with zero attached hydrogens (tertiary/aromatic N) is 2. The normalized spacial score (nSPS) is 19.7. The number of carbonyl (C=O) groups is 1. The molecule has 0 saturated carbocycles. The summed E-state index contributed by atoms with van der Waals surface area (Å²) < 4.78 is 6.73. The summed E-state index contributed by atoms with van der Waals surface area (Å²) in [5.41, 5.74) is 1.07. The summed E-state index contributed by atoms with van der Waals surface area (Å²) >= 11 is 0. The summed E-state index contributed by atoms with van der Waals surface area (Å²) in [7, 11) is 1.41. The molecule has 0 amide bonds. The number of aromatic nitrogens is 2. The molecule has 1 aromatic rings. The molecule has 82 valence electrons. The Morgan fingerprint density at radius 3 is 3.27 bits per heavy atom. The highest BCUT2D eigenvalue weighted by Crippen LogP contribution is 2.11. The average Bonchev–Trinajstić information content (AvgIpc) is 2.69. The van der Waals surface area contributed by atoms with Crippen molar-refractivity contribution >= 4 is 5.97 Å². The van der Waals surface area contributed by atoms with Crippen LogP contribution < -0.4 is 5.32 Å². The van der Waals surface area contributed by atoms with Crippen molar-refractivity contribution in [3.05, 3.63) is 17.7 Å². The Morgan fingerprint density at radius 2 is 2.60 bits per heavy atom. The number of hydrogen-bond acceptors (Lipinski definition) is 4. The van der Waals surface area contributed by atoms with Gasteiger partial charge in [0.25, 0.3) is 0 Å². The van der Waals surface area contributed by atoms with Gasteiger partial charge in [0.2, 0.25) is 0 Å². The van der Waals surface area contributed by atoms with Crippen LogP contribution >= 0.6 is 0 Å². The van der Waals surface area contributed by atoms with Crippen LogP contribution in [0.2, 0.25) is 0 Å². The first-order chi connectivity index (χ1) is 7.24. The van der Waals surface area contributed by atoms with Crippen LogP contribution in [0, 0.1) is 0 Å². The van der Waals surface area contributed by atoms with E-state index in [2.05, 4.69) is 17.2 Å². The molecule has 1 unspecified atom stereocenters. The van der Waals surface area contributed by atoms with Crippen molar-refractivity contribution in [3.63, 3.8) is 0 Å². The molecule has 2 heterocycles. The molecule has 1 aromatic heterocycles. The van der Waals surface area contributed by atoms with Crippen molar-refractivity contribution in [2.24, 2.45) is 0 Å². The first-order valence-corrected chi connectivity index (χ1v) is 5.10. The lowest BCUT2D eigenvalue weighted by Gasteiger charge is -2.22. The summed E-state index contributed by atoms with van der Waals surface area (Å²) in [6.07, 6.45) is 2.93. The number of methoxy groups -OCH3 is 1. The number of rotatable bonds is 2. The van der Waals surface area contributed by atoms with E-state index >= 15 is 0 Å². The minimum atomic E-state index is -0.249. The van der Waals surface area contributed by atoms with Gasteiger partial charge in [0.15, 0.2) is 0 Å². The zero-order valence-corrected chi connectivity index (χ0v) is 8.99. The van der Waals surface area contributed by atoms with E-state index in [1.54, 1.807) is 0 Å². The number of esters is 1. The third-order valence-corrected chi connectivity index (χ3v) is 2.64. The van der Waals surface area contributed by atoms with E-state index in [1.807, 2.05) is 10.8 Å². The topological polar surface area (TPSA) is 56.2 Å². The van der Waals surface area contributed by atoms with E-state index in [4.69, 9.17) is 4.74 Å². The maximum absolute atomic E-state index is 11.3. The maximum Gasteiger partial charge on any atom is 0.324 e. The minimum absolute atomic E-state index is 0.215. The fourth-order valence-electron chi connectivity index (χ4n) is 1.76. The lowest BCUT2D eigenvalue weighted by atomic mass is 10.2. The van der Waals surface area contributed by atoms with Crippen LogP contribution in [-0.2, 0) is 29.0 Å². The fraction of sp³-hybridized carbons (Fsp3) is 0.600. The lowest BCUT2D eigenvalue weighted by molar-refractivity contribution is -0.143. The van der Waals surface area contributed by atoms with Gasteiger partial charge in [-0.1, -0.05) is 6.92 Å². The van der Waals surface area contributed by atoms with Crippen LogP contribution in [0.3, 0.4) is 0 Å². The summed E-state index contributed by atoms with van der Waals surface area (Å²) in [5, 5.41) is 3.11. The molecule has 0 saturated heterocycles. The summed E-state index contributed by atoms with van der Waals surface area (Å²) in [6.45, 7) is 3.30. The molecular weight excluding hydrogens is 194 g/mol. The molecule has 0 aromatic carbocycles. The van der Waals surface area contributed by atoms with Crippen LogP contribution in [-0.4, -0.2) is 28.7 Å². The van der Waals surface area contributed by atoms with Crippen molar-refractivity contribution in [2.45, 2.75) is 32.5 Å². The van der Waals surface area contributed by atoms with E-state index in [0.29, 0.717) is 13.1 Å². The number of carbonyl (C=O) groups excluding carboxylic acids is 1. The summed E-state index contributed by atoms with van der Waals surface area (Å²) in [5.74, 6) is 0.777. The standard InChI is InChI=1S/C10H15N3O2/c1-3-7-5-13-6-8(10(14)15-2)11-4-9(13)12-7/h5,8,11H,3-4,6H2,1-2H3. The van der Waals surface area contributed by atoms with Gasteiger partial charge in [-0.05, 0) is 6.42 Å². The van der Waals surface area contributed by atoms with Crippen molar-refractivity contribution in [3.8, 4) is 0 Å². The van der Waals surface area contributed by atoms with Crippen LogP contribution in [0.5, 0.6) is 0 Å². The average molecular weight is 209 g/mol. The molecule has 1 aliphatic heterocycles. The smallest absolute Gasteiger partial charge is 0.324 e. The molecule has 2 rings (SSSR count). The summed E-state index contributed by atoms with van der Waals surface area (Å²) in [4.78, 5) is 15.8. The lowest BCUT2D eigenvalue weighted by Crippen LogP contribution is -2.44. The first kappa shape index (κ1) is 10.2. The molecule has 5 heteroatoms. The number of ether oxygens (including phenoxy) is 1. The molecule has 0 fully saturated rings. The Bertz CT molecular complexity index is 373. The van der Waals surface area contributed by atoms with E-state index < -0.39 is 0 Å². The fourth-order valence-corrected chi connectivity index (χ4v) is 1.76. The van der Waals surface area contributed by atoms with Crippen LogP contribution in [0.25, 0.3) is 0 Å². The van der Waals surface area contributed by atoms with E-state index in [9.17, 15) is 4.79 Å². The highest BCUT2D eigenvalue weighted by Gasteiger charge is 2.25. The molecule has 0 bridgehead atoms. The maximum atomic E-state index is 11.3. The van der Waals surface area contributed by atoms with Gasteiger partial charge in [-0.25, -0.2) is 4.98 Å². The Labute approximate surface area is 88.4 Å². The Kier molecular flexibility index (Phi) is 2.73. The summed E-state index contributed by atoms with van der Waals surface area (Å²) in [6, 6.07) is -0.249. The van der Waals surface area contributed by atoms with Crippen molar-refractivity contribution in [1.29, 1.82) is 0 Å². The number of hydrogen-bond donors (Lipinski definition) is 1. The highest BCUT2D eigenvalue weighted by molar-refractivity contribution is 5.75. The SMILES string of the molecule is CCc1cn2c(n1)CNC(C(=O)OC)C2. The van der Waals surface area contributed by atoms with Gasteiger partial charge in [-0.2, -0.15) is 0 Å². The zero-order chi connectivity index (χ0) is 10.8. The molecule has 5 nitrogen and oxygen atoms in total. The van der Waals surface area contributed by atoms with E-state index in [1.165, 1.54) is 7.11 Å². The third kappa shape index (κ3) is 1.87. The second-order valence-corrected chi connectivity index (χ2v) is 3.61. The van der Waals surface area contributed by atoms with Gasteiger partial charge in [0, 0.05) is 12.7 Å². The minimum Gasteiger partial charge on any atom is -0.468 e. The molecule has 15 heavy (non-hydrogen) atoms. The molecule has 0 aliphatic carbocycles. The van der Waals surface area contributed by atoms with Gasteiger partial charge in [0.05, 0.1) is 19.3 Å². The molecule has 1 N–H and O–H groups in total. The molecule has 0 radical (unpaired) electrons. The second kappa shape index (κ2) is 4.02. The molecule has 1 atom stereocenters. The van der Waals surface area contributed by atoms with Crippen LogP contribution in [0.15, 0.2) is 6.20 Å². The van der Waals surface area contributed by atoms with Crippen LogP contribution in [0.4, 0.5) is 0 Å². The Hall–Kier alpha value is -1.36. The van der Waals surface area contributed by atoms with Crippen LogP contribution in [0.1, 0.15) is 18.4 Å². The number of aryl methyl sites for hydroxylation is 1.